The molecule has 0 radical (unpaired) electrons. The predicted molar refractivity (Wildman–Crippen MR) is 76.6 cm³/mol. The summed E-state index contributed by atoms with van der Waals surface area (Å²) in [5.74, 6) is 1.45. The van der Waals surface area contributed by atoms with Crippen LogP contribution in [0.1, 0.15) is 16.7 Å². The number of benzene rings is 2. The van der Waals surface area contributed by atoms with Crippen LogP contribution in [-0.4, -0.2) is 0 Å². The van der Waals surface area contributed by atoms with Gasteiger partial charge in [-0.1, -0.05) is 23.7 Å². The first kappa shape index (κ1) is 12.8. The van der Waals surface area contributed by atoms with Crippen molar-refractivity contribution >= 4 is 17.3 Å². The summed E-state index contributed by atoms with van der Waals surface area (Å²) in [6.45, 7) is 6.11. The van der Waals surface area contributed by atoms with Crippen LogP contribution in [0.15, 0.2) is 30.3 Å². The molecular formula is C15H16ClNO. The normalized spacial score (nSPS) is 10.4. The molecule has 0 aliphatic rings. The molecule has 2 nitrogen and oxygen atoms in total. The molecule has 0 saturated carbocycles. The zero-order valence-electron chi connectivity index (χ0n) is 10.8. The van der Waals surface area contributed by atoms with Gasteiger partial charge >= 0.3 is 0 Å². The molecule has 2 rings (SSSR count). The SMILES string of the molecule is Cc1ccc(C)c(Oc2cc(Cl)ccc2N)c1C. The Hall–Kier alpha value is -1.67. The molecule has 0 spiro atoms. The van der Waals surface area contributed by atoms with E-state index >= 15 is 0 Å². The highest BCUT2D eigenvalue weighted by Crippen LogP contribution is 2.34. The number of rotatable bonds is 2. The van der Waals surface area contributed by atoms with E-state index in [2.05, 4.69) is 13.0 Å². The maximum absolute atomic E-state index is 5.96. The minimum atomic E-state index is 0.583. The lowest BCUT2D eigenvalue weighted by Gasteiger charge is -2.15. The highest BCUT2D eigenvalue weighted by atomic mass is 35.5. The first-order valence-corrected chi connectivity index (χ1v) is 6.16. The second-order valence-corrected chi connectivity index (χ2v) is 4.87. The summed E-state index contributed by atoms with van der Waals surface area (Å²) in [7, 11) is 0. The van der Waals surface area contributed by atoms with E-state index in [4.69, 9.17) is 22.1 Å². The van der Waals surface area contributed by atoms with E-state index in [0.717, 1.165) is 16.9 Å². The highest BCUT2D eigenvalue weighted by molar-refractivity contribution is 6.30. The van der Waals surface area contributed by atoms with Gasteiger partial charge in [-0.25, -0.2) is 0 Å². The summed E-state index contributed by atoms with van der Waals surface area (Å²) in [5, 5.41) is 0.613. The monoisotopic (exact) mass is 261 g/mol. The van der Waals surface area contributed by atoms with Crippen LogP contribution in [0.5, 0.6) is 11.5 Å². The molecule has 0 saturated heterocycles. The molecule has 0 amide bonds. The Morgan fingerprint density at radius 1 is 1.00 bits per heavy atom. The summed E-state index contributed by atoms with van der Waals surface area (Å²) in [6, 6.07) is 9.35. The van der Waals surface area contributed by atoms with Crippen LogP contribution >= 0.6 is 11.6 Å². The summed E-state index contributed by atoms with van der Waals surface area (Å²) < 4.78 is 5.92. The number of hydrogen-bond acceptors (Lipinski definition) is 2. The molecule has 2 N–H and O–H groups in total. The van der Waals surface area contributed by atoms with Gasteiger partial charge in [-0.2, -0.15) is 0 Å². The zero-order chi connectivity index (χ0) is 13.3. The Bertz CT molecular complexity index is 593. The predicted octanol–water partition coefficient (Wildman–Crippen LogP) is 4.64. The standard InChI is InChI=1S/C15H16ClNO/c1-9-4-5-10(2)15(11(9)3)18-14-8-12(16)6-7-13(14)17/h4-8H,17H2,1-3H3. The van der Waals surface area contributed by atoms with E-state index in [1.165, 1.54) is 5.56 Å². The smallest absolute Gasteiger partial charge is 0.151 e. The molecule has 18 heavy (non-hydrogen) atoms. The Morgan fingerprint density at radius 3 is 2.39 bits per heavy atom. The van der Waals surface area contributed by atoms with E-state index in [1.807, 2.05) is 19.9 Å². The quantitative estimate of drug-likeness (QED) is 0.800. The van der Waals surface area contributed by atoms with Gasteiger partial charge in [0.1, 0.15) is 5.75 Å². The van der Waals surface area contributed by atoms with Gasteiger partial charge in [0.25, 0.3) is 0 Å². The first-order valence-electron chi connectivity index (χ1n) is 5.78. The fourth-order valence-electron chi connectivity index (χ4n) is 1.79. The maximum atomic E-state index is 5.96. The number of anilines is 1. The molecule has 0 aliphatic heterocycles. The average molecular weight is 262 g/mol. The minimum Gasteiger partial charge on any atom is -0.455 e. The number of halogens is 1. The number of hydrogen-bond donors (Lipinski definition) is 1. The molecule has 0 fully saturated rings. The van der Waals surface area contributed by atoms with E-state index in [0.29, 0.717) is 16.5 Å². The number of ether oxygens (including phenoxy) is 1. The largest absolute Gasteiger partial charge is 0.455 e. The van der Waals surface area contributed by atoms with Crippen molar-refractivity contribution in [1.82, 2.24) is 0 Å². The van der Waals surface area contributed by atoms with E-state index in [1.54, 1.807) is 18.2 Å². The number of nitrogens with two attached hydrogens (primary N) is 1. The fraction of sp³-hybridized carbons (Fsp3) is 0.200. The van der Waals surface area contributed by atoms with Crippen LogP contribution in [-0.2, 0) is 0 Å². The van der Waals surface area contributed by atoms with Crippen molar-refractivity contribution in [3.63, 3.8) is 0 Å². The lowest BCUT2D eigenvalue weighted by Crippen LogP contribution is -1.96. The van der Waals surface area contributed by atoms with E-state index in [-0.39, 0.29) is 0 Å². The van der Waals surface area contributed by atoms with Crippen molar-refractivity contribution in [2.45, 2.75) is 20.8 Å². The van der Waals surface area contributed by atoms with Crippen LogP contribution in [0.4, 0.5) is 5.69 Å². The van der Waals surface area contributed by atoms with Gasteiger partial charge in [-0.05, 0) is 49.6 Å². The van der Waals surface area contributed by atoms with Crippen molar-refractivity contribution in [3.8, 4) is 11.5 Å². The van der Waals surface area contributed by atoms with Gasteiger partial charge < -0.3 is 10.5 Å². The van der Waals surface area contributed by atoms with Crippen molar-refractivity contribution in [2.75, 3.05) is 5.73 Å². The molecule has 0 atom stereocenters. The third-order valence-corrected chi connectivity index (χ3v) is 3.30. The van der Waals surface area contributed by atoms with Crippen molar-refractivity contribution in [1.29, 1.82) is 0 Å². The van der Waals surface area contributed by atoms with Crippen molar-refractivity contribution < 1.29 is 4.74 Å². The topological polar surface area (TPSA) is 35.2 Å². The van der Waals surface area contributed by atoms with Crippen LogP contribution in [0.3, 0.4) is 0 Å². The second kappa shape index (κ2) is 4.91. The van der Waals surface area contributed by atoms with Crippen LogP contribution in [0.25, 0.3) is 0 Å². The Balaban J connectivity index is 2.46. The molecule has 0 heterocycles. The summed E-state index contributed by atoms with van der Waals surface area (Å²) in [6.07, 6.45) is 0. The van der Waals surface area contributed by atoms with Gasteiger partial charge in [0, 0.05) is 11.1 Å². The fourth-order valence-corrected chi connectivity index (χ4v) is 1.95. The minimum absolute atomic E-state index is 0.583. The van der Waals surface area contributed by atoms with Gasteiger partial charge in [0.15, 0.2) is 5.75 Å². The molecule has 0 aliphatic carbocycles. The zero-order valence-corrected chi connectivity index (χ0v) is 11.5. The van der Waals surface area contributed by atoms with Gasteiger partial charge in [-0.15, -0.1) is 0 Å². The lowest BCUT2D eigenvalue weighted by atomic mass is 10.1. The number of aryl methyl sites for hydroxylation is 2. The van der Waals surface area contributed by atoms with Crippen LogP contribution in [0.2, 0.25) is 5.02 Å². The molecule has 94 valence electrons. The molecule has 3 heteroatoms. The second-order valence-electron chi connectivity index (χ2n) is 4.44. The third-order valence-electron chi connectivity index (χ3n) is 3.06. The highest BCUT2D eigenvalue weighted by Gasteiger charge is 2.10. The van der Waals surface area contributed by atoms with Gasteiger partial charge in [0.2, 0.25) is 0 Å². The molecule has 0 unspecified atom stereocenters. The van der Waals surface area contributed by atoms with Crippen molar-refractivity contribution in [2.24, 2.45) is 0 Å². The molecule has 2 aromatic rings. The van der Waals surface area contributed by atoms with E-state index in [9.17, 15) is 0 Å². The van der Waals surface area contributed by atoms with Gasteiger partial charge in [-0.3, -0.25) is 0 Å². The first-order chi connectivity index (χ1) is 8.49. The van der Waals surface area contributed by atoms with E-state index < -0.39 is 0 Å². The lowest BCUT2D eigenvalue weighted by molar-refractivity contribution is 0.477. The Morgan fingerprint density at radius 2 is 1.67 bits per heavy atom. The van der Waals surface area contributed by atoms with Crippen LogP contribution < -0.4 is 10.5 Å². The molecule has 2 aromatic carbocycles. The molecular weight excluding hydrogens is 246 g/mol. The summed E-state index contributed by atoms with van der Waals surface area (Å²) in [5.41, 5.74) is 9.87. The van der Waals surface area contributed by atoms with Crippen molar-refractivity contribution in [3.05, 3.63) is 52.0 Å². The van der Waals surface area contributed by atoms with Gasteiger partial charge in [0.05, 0.1) is 5.69 Å². The Kier molecular flexibility index (Phi) is 3.48. The summed E-state index contributed by atoms with van der Waals surface area (Å²) in [4.78, 5) is 0. The number of nitrogen functional groups attached to an aromatic ring is 1. The molecule has 0 aromatic heterocycles. The maximum Gasteiger partial charge on any atom is 0.151 e. The summed E-state index contributed by atoms with van der Waals surface area (Å²) >= 11 is 5.96. The third kappa shape index (κ3) is 2.44. The molecule has 0 bridgehead atoms. The van der Waals surface area contributed by atoms with Crippen LogP contribution in [0, 0.1) is 20.8 Å². The Labute approximate surface area is 112 Å². The average Bonchev–Trinajstić information content (AvgIpc) is 2.34.